The number of ether oxygens (including phenoxy) is 2. The molecule has 0 spiro atoms. The lowest BCUT2D eigenvalue weighted by atomic mass is 10.3. The van der Waals surface area contributed by atoms with E-state index >= 15 is 0 Å². The summed E-state index contributed by atoms with van der Waals surface area (Å²) < 4.78 is 10.8. The van der Waals surface area contributed by atoms with E-state index in [4.69, 9.17) is 21.1 Å². The molecule has 0 amide bonds. The summed E-state index contributed by atoms with van der Waals surface area (Å²) in [6, 6.07) is 15.2. The molecule has 0 saturated heterocycles. The third kappa shape index (κ3) is 4.07. The van der Waals surface area contributed by atoms with Gasteiger partial charge in [0, 0.05) is 12.6 Å². The minimum absolute atomic E-state index is 0.554. The molecule has 0 saturated carbocycles. The number of methoxy groups -OCH3 is 1. The number of halogens is 1. The van der Waals surface area contributed by atoms with Crippen molar-refractivity contribution in [2.75, 3.05) is 25.6 Å². The summed E-state index contributed by atoms with van der Waals surface area (Å²) in [7, 11) is 1.64. The molecule has 0 aliphatic heterocycles. The molecule has 4 heteroatoms. The lowest BCUT2D eigenvalue weighted by Crippen LogP contribution is -2.11. The van der Waals surface area contributed by atoms with Crippen LogP contribution >= 0.6 is 11.6 Å². The highest BCUT2D eigenvalue weighted by molar-refractivity contribution is 6.33. The first-order valence-corrected chi connectivity index (χ1v) is 6.42. The van der Waals surface area contributed by atoms with Crippen LogP contribution in [0.25, 0.3) is 0 Å². The number of hydrogen-bond acceptors (Lipinski definition) is 3. The minimum atomic E-state index is 0.554. The van der Waals surface area contributed by atoms with Crippen molar-refractivity contribution in [2.24, 2.45) is 0 Å². The molecule has 0 aromatic heterocycles. The fraction of sp³-hybridized carbons (Fsp3) is 0.200. The first kappa shape index (κ1) is 13.6. The van der Waals surface area contributed by atoms with Crippen molar-refractivity contribution >= 4 is 17.3 Å². The molecular weight excluding hydrogens is 262 g/mol. The van der Waals surface area contributed by atoms with Crippen molar-refractivity contribution in [1.82, 2.24) is 0 Å². The topological polar surface area (TPSA) is 30.5 Å². The second-order valence-corrected chi connectivity index (χ2v) is 4.34. The van der Waals surface area contributed by atoms with Crippen LogP contribution in [0.4, 0.5) is 5.69 Å². The molecule has 2 rings (SSSR count). The molecule has 2 aromatic rings. The van der Waals surface area contributed by atoms with Crippen molar-refractivity contribution in [3.63, 3.8) is 0 Å². The third-order valence-electron chi connectivity index (χ3n) is 2.60. The Kier molecular flexibility index (Phi) is 4.93. The molecule has 0 bridgehead atoms. The summed E-state index contributed by atoms with van der Waals surface area (Å²) in [5, 5.41) is 3.94. The molecular formula is C15H16ClNO2. The molecule has 0 atom stereocenters. The standard InChI is InChI=1S/C15H16ClNO2/c1-18-12-5-4-6-13(11-12)19-10-9-17-15-8-3-2-7-14(15)16/h2-8,11,17H,9-10H2,1H3. The summed E-state index contributed by atoms with van der Waals surface area (Å²) >= 11 is 6.04. The number of nitrogens with one attached hydrogen (secondary N) is 1. The van der Waals surface area contributed by atoms with E-state index in [2.05, 4.69) is 5.32 Å². The van der Waals surface area contributed by atoms with Crippen LogP contribution in [0.3, 0.4) is 0 Å². The fourth-order valence-corrected chi connectivity index (χ4v) is 1.85. The van der Waals surface area contributed by atoms with Crippen LogP contribution < -0.4 is 14.8 Å². The van der Waals surface area contributed by atoms with Crippen LogP contribution in [0.5, 0.6) is 11.5 Å². The quantitative estimate of drug-likeness (QED) is 0.814. The number of para-hydroxylation sites is 1. The van der Waals surface area contributed by atoms with E-state index in [0.717, 1.165) is 17.2 Å². The number of hydrogen-bond donors (Lipinski definition) is 1. The molecule has 2 aromatic carbocycles. The second kappa shape index (κ2) is 6.90. The summed E-state index contributed by atoms with van der Waals surface area (Å²) in [6.07, 6.45) is 0. The Morgan fingerprint density at radius 2 is 1.84 bits per heavy atom. The van der Waals surface area contributed by atoms with E-state index in [0.29, 0.717) is 18.2 Å². The number of rotatable bonds is 6. The van der Waals surface area contributed by atoms with Gasteiger partial charge in [-0.2, -0.15) is 0 Å². The molecule has 0 radical (unpaired) electrons. The molecule has 100 valence electrons. The van der Waals surface area contributed by atoms with Gasteiger partial charge in [-0.25, -0.2) is 0 Å². The summed E-state index contributed by atoms with van der Waals surface area (Å²) in [6.45, 7) is 1.24. The Balaban J connectivity index is 1.79. The third-order valence-corrected chi connectivity index (χ3v) is 2.93. The van der Waals surface area contributed by atoms with Gasteiger partial charge in [0.1, 0.15) is 18.1 Å². The van der Waals surface area contributed by atoms with Crippen LogP contribution in [0.1, 0.15) is 0 Å². The molecule has 1 N–H and O–H groups in total. The molecule has 0 aliphatic rings. The lowest BCUT2D eigenvalue weighted by molar-refractivity contribution is 0.329. The summed E-state index contributed by atoms with van der Waals surface area (Å²) in [4.78, 5) is 0. The predicted molar refractivity (Wildman–Crippen MR) is 78.4 cm³/mol. The maximum Gasteiger partial charge on any atom is 0.123 e. The fourth-order valence-electron chi connectivity index (χ4n) is 1.65. The highest BCUT2D eigenvalue weighted by Crippen LogP contribution is 2.21. The lowest BCUT2D eigenvalue weighted by Gasteiger charge is -2.10. The molecule has 0 heterocycles. The predicted octanol–water partition coefficient (Wildman–Crippen LogP) is 3.84. The normalized spacial score (nSPS) is 10.0. The second-order valence-electron chi connectivity index (χ2n) is 3.93. The molecule has 3 nitrogen and oxygen atoms in total. The van der Waals surface area contributed by atoms with Gasteiger partial charge >= 0.3 is 0 Å². The molecule has 19 heavy (non-hydrogen) atoms. The Hall–Kier alpha value is -1.87. The number of benzene rings is 2. The summed E-state index contributed by atoms with van der Waals surface area (Å²) in [5.74, 6) is 1.58. The Labute approximate surface area is 118 Å². The van der Waals surface area contributed by atoms with Gasteiger partial charge in [0.05, 0.1) is 17.8 Å². The highest BCUT2D eigenvalue weighted by Gasteiger charge is 1.99. The van der Waals surface area contributed by atoms with Gasteiger partial charge in [-0.3, -0.25) is 0 Å². The largest absolute Gasteiger partial charge is 0.497 e. The van der Waals surface area contributed by atoms with Crippen LogP contribution in [-0.2, 0) is 0 Å². The Morgan fingerprint density at radius 1 is 1.05 bits per heavy atom. The summed E-state index contributed by atoms with van der Waals surface area (Å²) in [5.41, 5.74) is 0.915. The van der Waals surface area contributed by atoms with Crippen LogP contribution in [0.15, 0.2) is 48.5 Å². The van der Waals surface area contributed by atoms with E-state index < -0.39 is 0 Å². The first-order chi connectivity index (χ1) is 9.29. The molecule has 0 aliphatic carbocycles. The van der Waals surface area contributed by atoms with Crippen LogP contribution in [-0.4, -0.2) is 20.3 Å². The van der Waals surface area contributed by atoms with Crippen LogP contribution in [0.2, 0.25) is 5.02 Å². The van der Waals surface area contributed by atoms with Gasteiger partial charge in [-0.1, -0.05) is 29.8 Å². The maximum absolute atomic E-state index is 6.04. The van der Waals surface area contributed by atoms with E-state index in [1.165, 1.54) is 0 Å². The van der Waals surface area contributed by atoms with Gasteiger partial charge in [-0.15, -0.1) is 0 Å². The monoisotopic (exact) mass is 277 g/mol. The highest BCUT2D eigenvalue weighted by atomic mass is 35.5. The smallest absolute Gasteiger partial charge is 0.123 e. The zero-order valence-electron chi connectivity index (χ0n) is 10.7. The maximum atomic E-state index is 6.04. The van der Waals surface area contributed by atoms with E-state index in [1.807, 2.05) is 48.5 Å². The number of anilines is 1. The van der Waals surface area contributed by atoms with Crippen molar-refractivity contribution < 1.29 is 9.47 Å². The molecule has 0 unspecified atom stereocenters. The SMILES string of the molecule is COc1cccc(OCCNc2ccccc2Cl)c1. The van der Waals surface area contributed by atoms with Gasteiger partial charge in [0.25, 0.3) is 0 Å². The van der Waals surface area contributed by atoms with Gasteiger partial charge < -0.3 is 14.8 Å². The van der Waals surface area contributed by atoms with Crippen molar-refractivity contribution in [3.05, 3.63) is 53.6 Å². The Morgan fingerprint density at radius 3 is 2.63 bits per heavy atom. The van der Waals surface area contributed by atoms with Gasteiger partial charge in [-0.05, 0) is 24.3 Å². The van der Waals surface area contributed by atoms with Crippen LogP contribution in [0, 0.1) is 0 Å². The van der Waals surface area contributed by atoms with E-state index in [-0.39, 0.29) is 0 Å². The first-order valence-electron chi connectivity index (χ1n) is 6.05. The zero-order chi connectivity index (χ0) is 13.5. The van der Waals surface area contributed by atoms with Crippen molar-refractivity contribution in [1.29, 1.82) is 0 Å². The van der Waals surface area contributed by atoms with Gasteiger partial charge in [0.2, 0.25) is 0 Å². The van der Waals surface area contributed by atoms with E-state index in [1.54, 1.807) is 7.11 Å². The average molecular weight is 278 g/mol. The zero-order valence-corrected chi connectivity index (χ0v) is 11.5. The van der Waals surface area contributed by atoms with E-state index in [9.17, 15) is 0 Å². The molecule has 0 fully saturated rings. The Bertz CT molecular complexity index is 531. The minimum Gasteiger partial charge on any atom is -0.497 e. The van der Waals surface area contributed by atoms with Crippen molar-refractivity contribution in [2.45, 2.75) is 0 Å². The average Bonchev–Trinajstić information content (AvgIpc) is 2.45. The van der Waals surface area contributed by atoms with Crippen molar-refractivity contribution in [3.8, 4) is 11.5 Å². The van der Waals surface area contributed by atoms with Gasteiger partial charge in [0.15, 0.2) is 0 Å².